The molecule has 1 saturated carbocycles. The molecule has 0 atom stereocenters. The second-order valence-electron chi connectivity index (χ2n) is 6.56. The van der Waals surface area contributed by atoms with Gasteiger partial charge in [0.05, 0.1) is 10.0 Å². The first kappa shape index (κ1) is 20.7. The molecule has 1 aliphatic carbocycles. The van der Waals surface area contributed by atoms with Crippen LogP contribution in [0.3, 0.4) is 0 Å². The van der Waals surface area contributed by atoms with Crippen molar-refractivity contribution in [3.8, 4) is 5.88 Å². The van der Waals surface area contributed by atoms with E-state index in [0.29, 0.717) is 34.3 Å². The number of sulfonamides is 1. The van der Waals surface area contributed by atoms with Crippen LogP contribution in [0.2, 0.25) is 15.1 Å². The molecule has 5 nitrogen and oxygen atoms in total. The number of ether oxygens (including phenoxy) is 1. The molecule has 27 heavy (non-hydrogen) atoms. The van der Waals surface area contributed by atoms with Gasteiger partial charge in [0.2, 0.25) is 15.9 Å². The van der Waals surface area contributed by atoms with Crippen LogP contribution in [0.4, 0.5) is 0 Å². The molecular weight excluding hydrogens is 431 g/mol. The largest absolute Gasteiger partial charge is 0.474 e. The number of nitrogens with zero attached hydrogens (tertiary/aromatic N) is 1. The third-order valence-corrected chi connectivity index (χ3v) is 7.10. The van der Waals surface area contributed by atoms with E-state index in [2.05, 4.69) is 9.71 Å². The van der Waals surface area contributed by atoms with E-state index in [0.717, 1.165) is 12.8 Å². The Bertz CT molecular complexity index is 912. The lowest BCUT2D eigenvalue weighted by atomic mass is 9.94. The molecule has 3 rings (SSSR count). The van der Waals surface area contributed by atoms with Crippen LogP contribution in [0.15, 0.2) is 35.4 Å². The first-order chi connectivity index (χ1) is 12.7. The number of rotatable bonds is 5. The van der Waals surface area contributed by atoms with Gasteiger partial charge >= 0.3 is 0 Å². The fourth-order valence-electron chi connectivity index (χ4n) is 3.02. The van der Waals surface area contributed by atoms with Crippen molar-refractivity contribution in [3.63, 3.8) is 0 Å². The highest BCUT2D eigenvalue weighted by atomic mass is 35.5. The van der Waals surface area contributed by atoms with Crippen LogP contribution in [0.25, 0.3) is 0 Å². The van der Waals surface area contributed by atoms with Crippen LogP contribution < -0.4 is 9.46 Å². The van der Waals surface area contributed by atoms with Crippen LogP contribution in [0.5, 0.6) is 5.88 Å². The maximum atomic E-state index is 12.7. The molecular formula is C18H19Cl3N2O3S. The van der Waals surface area contributed by atoms with E-state index < -0.39 is 10.0 Å². The van der Waals surface area contributed by atoms with Crippen molar-refractivity contribution in [3.05, 3.63) is 51.1 Å². The predicted molar refractivity (Wildman–Crippen MR) is 107 cm³/mol. The summed E-state index contributed by atoms with van der Waals surface area (Å²) in [5, 5.41) is 1.10. The van der Waals surface area contributed by atoms with E-state index in [1.165, 1.54) is 18.3 Å². The van der Waals surface area contributed by atoms with E-state index >= 15 is 0 Å². The number of aryl methyl sites for hydroxylation is 1. The monoisotopic (exact) mass is 448 g/mol. The number of benzene rings is 1. The van der Waals surface area contributed by atoms with Crippen LogP contribution in [0, 0.1) is 6.92 Å². The molecule has 1 aliphatic rings. The Kier molecular flexibility index (Phi) is 6.54. The Morgan fingerprint density at radius 3 is 2.41 bits per heavy atom. The average Bonchev–Trinajstić information content (AvgIpc) is 2.61. The highest BCUT2D eigenvalue weighted by Crippen LogP contribution is 2.30. The fraction of sp³-hybridized carbons (Fsp3) is 0.389. The van der Waals surface area contributed by atoms with Gasteiger partial charge in [0, 0.05) is 23.3 Å². The van der Waals surface area contributed by atoms with Crippen molar-refractivity contribution in [2.75, 3.05) is 0 Å². The molecule has 0 bridgehead atoms. The Labute approximate surface area is 174 Å². The van der Waals surface area contributed by atoms with E-state index in [9.17, 15) is 8.42 Å². The Morgan fingerprint density at radius 1 is 1.07 bits per heavy atom. The minimum absolute atomic E-state index is 0.000735. The number of nitrogens with one attached hydrogen (secondary N) is 1. The summed E-state index contributed by atoms with van der Waals surface area (Å²) in [6.45, 7) is 1.74. The molecule has 0 amide bonds. The second kappa shape index (κ2) is 8.53. The third-order valence-electron chi connectivity index (χ3n) is 4.49. The summed E-state index contributed by atoms with van der Waals surface area (Å²) in [5.74, 6) is 0.520. The molecule has 0 saturated heterocycles. The summed E-state index contributed by atoms with van der Waals surface area (Å²) in [6.07, 6.45) is 4.33. The lowest BCUT2D eigenvalue weighted by Crippen LogP contribution is -2.39. The van der Waals surface area contributed by atoms with E-state index in [1.54, 1.807) is 19.1 Å². The highest BCUT2D eigenvalue weighted by molar-refractivity contribution is 7.89. The van der Waals surface area contributed by atoms with Gasteiger partial charge in [0.1, 0.15) is 11.0 Å². The van der Waals surface area contributed by atoms with Gasteiger partial charge in [-0.25, -0.2) is 18.1 Å². The summed E-state index contributed by atoms with van der Waals surface area (Å²) in [6, 6.07) is 6.23. The normalized spacial score (nSPS) is 20.4. The number of pyridine rings is 1. The number of aromatic nitrogens is 1. The predicted octanol–water partition coefficient (Wildman–Crippen LogP) is 5.02. The summed E-state index contributed by atoms with van der Waals surface area (Å²) in [5.41, 5.74) is 0.661. The average molecular weight is 450 g/mol. The van der Waals surface area contributed by atoms with Gasteiger partial charge in [0.25, 0.3) is 0 Å². The number of halogens is 3. The van der Waals surface area contributed by atoms with Gasteiger partial charge in [0.15, 0.2) is 0 Å². The van der Waals surface area contributed by atoms with Gasteiger partial charge in [-0.1, -0.05) is 34.8 Å². The molecule has 1 heterocycles. The molecule has 1 fully saturated rings. The molecule has 146 valence electrons. The SMILES string of the molecule is Cc1cc(S(=O)(=O)NC2CCC(Oc3ccc(Cl)cn3)CC2)c(Cl)cc1Cl. The molecule has 1 aromatic heterocycles. The standard InChI is InChI=1S/C18H19Cl3N2O3S/c1-11-8-17(16(21)9-15(11)20)27(24,25)23-13-3-5-14(6-4-13)26-18-7-2-12(19)10-22-18/h2,7-10,13-14,23H,3-6H2,1H3. The molecule has 1 aromatic carbocycles. The summed E-state index contributed by atoms with van der Waals surface area (Å²) < 4.78 is 34.0. The topological polar surface area (TPSA) is 68.3 Å². The quantitative estimate of drug-likeness (QED) is 0.696. The zero-order valence-corrected chi connectivity index (χ0v) is 17.7. The fourth-order valence-corrected chi connectivity index (χ4v) is 5.27. The lowest BCUT2D eigenvalue weighted by Gasteiger charge is -2.29. The van der Waals surface area contributed by atoms with Gasteiger partial charge in [-0.15, -0.1) is 0 Å². The van der Waals surface area contributed by atoms with Crippen LogP contribution in [-0.2, 0) is 10.0 Å². The van der Waals surface area contributed by atoms with Crippen LogP contribution >= 0.6 is 34.8 Å². The first-order valence-electron chi connectivity index (χ1n) is 8.51. The first-order valence-corrected chi connectivity index (χ1v) is 11.1. The Morgan fingerprint density at radius 2 is 1.78 bits per heavy atom. The Hall–Kier alpha value is -1.05. The Balaban J connectivity index is 1.60. The molecule has 0 radical (unpaired) electrons. The molecule has 9 heteroatoms. The molecule has 0 unspecified atom stereocenters. The smallest absolute Gasteiger partial charge is 0.242 e. The van der Waals surface area contributed by atoms with Crippen LogP contribution in [0.1, 0.15) is 31.2 Å². The van der Waals surface area contributed by atoms with Crippen molar-refractivity contribution in [1.29, 1.82) is 0 Å². The van der Waals surface area contributed by atoms with Gasteiger partial charge in [-0.05, 0) is 56.4 Å². The van der Waals surface area contributed by atoms with Gasteiger partial charge in [-0.3, -0.25) is 0 Å². The summed E-state index contributed by atoms with van der Waals surface area (Å²) in [4.78, 5) is 4.18. The third kappa shape index (κ3) is 5.27. The maximum absolute atomic E-state index is 12.7. The van der Waals surface area contributed by atoms with E-state index in [4.69, 9.17) is 39.5 Å². The zero-order chi connectivity index (χ0) is 19.6. The minimum Gasteiger partial charge on any atom is -0.474 e. The van der Waals surface area contributed by atoms with Gasteiger partial charge < -0.3 is 4.74 Å². The van der Waals surface area contributed by atoms with Crippen molar-refractivity contribution in [2.45, 2.75) is 49.6 Å². The molecule has 0 aliphatic heterocycles. The minimum atomic E-state index is -3.72. The van der Waals surface area contributed by atoms with Crippen molar-refractivity contribution in [2.24, 2.45) is 0 Å². The molecule has 0 spiro atoms. The maximum Gasteiger partial charge on any atom is 0.242 e. The summed E-state index contributed by atoms with van der Waals surface area (Å²) >= 11 is 17.9. The van der Waals surface area contributed by atoms with E-state index in [1.807, 2.05) is 0 Å². The van der Waals surface area contributed by atoms with Crippen molar-refractivity contribution in [1.82, 2.24) is 9.71 Å². The van der Waals surface area contributed by atoms with Crippen LogP contribution in [-0.4, -0.2) is 25.5 Å². The van der Waals surface area contributed by atoms with E-state index in [-0.39, 0.29) is 22.1 Å². The zero-order valence-electron chi connectivity index (χ0n) is 14.6. The lowest BCUT2D eigenvalue weighted by molar-refractivity contribution is 0.138. The summed E-state index contributed by atoms with van der Waals surface area (Å²) in [7, 11) is -3.72. The number of hydrogen-bond donors (Lipinski definition) is 1. The molecule has 2 aromatic rings. The van der Waals surface area contributed by atoms with Crippen molar-refractivity contribution >= 4 is 44.8 Å². The molecule has 1 N–H and O–H groups in total. The van der Waals surface area contributed by atoms with Crippen molar-refractivity contribution < 1.29 is 13.2 Å². The van der Waals surface area contributed by atoms with Gasteiger partial charge in [-0.2, -0.15) is 0 Å². The number of hydrogen-bond acceptors (Lipinski definition) is 4. The second-order valence-corrected chi connectivity index (χ2v) is 9.49. The highest BCUT2D eigenvalue weighted by Gasteiger charge is 2.28.